The second kappa shape index (κ2) is 10.8. The topological polar surface area (TPSA) is 117 Å². The van der Waals surface area contributed by atoms with Gasteiger partial charge in [0.1, 0.15) is 24.6 Å². The number of pyridine rings is 1. The van der Waals surface area contributed by atoms with E-state index in [9.17, 15) is 9.59 Å². The zero-order valence-electron chi connectivity index (χ0n) is 18.1. The number of amides is 2. The van der Waals surface area contributed by atoms with Crippen LogP contribution >= 0.6 is 0 Å². The van der Waals surface area contributed by atoms with Gasteiger partial charge in [-0.3, -0.25) is 9.63 Å². The van der Waals surface area contributed by atoms with Gasteiger partial charge in [-0.2, -0.15) is 5.26 Å². The molecule has 2 N–H and O–H groups in total. The zero-order chi connectivity index (χ0) is 22.1. The number of nitrogens with zero attached hydrogens (tertiary/aromatic N) is 3. The highest BCUT2D eigenvalue weighted by atomic mass is 16.7. The SMILES string of the molecule is CC(CONC(=O)CC1CCN(c2ccc(C#N)cn2)CC1)OC(=O)NC(C)(C)C. The molecule has 0 spiro atoms. The fourth-order valence-corrected chi connectivity index (χ4v) is 3.10. The van der Waals surface area contributed by atoms with E-state index in [0.717, 1.165) is 31.7 Å². The third kappa shape index (κ3) is 8.25. The van der Waals surface area contributed by atoms with Crippen LogP contribution in [0.4, 0.5) is 10.6 Å². The van der Waals surface area contributed by atoms with Crippen LogP contribution < -0.4 is 15.7 Å². The molecule has 2 rings (SSSR count). The lowest BCUT2D eigenvalue weighted by Crippen LogP contribution is -2.42. The van der Waals surface area contributed by atoms with E-state index >= 15 is 0 Å². The Morgan fingerprint density at radius 3 is 2.60 bits per heavy atom. The summed E-state index contributed by atoms with van der Waals surface area (Å²) in [6.07, 6.45) is 2.70. The third-order valence-electron chi connectivity index (χ3n) is 4.58. The van der Waals surface area contributed by atoms with Gasteiger partial charge in [0.25, 0.3) is 0 Å². The number of ether oxygens (including phenoxy) is 1. The molecule has 9 heteroatoms. The lowest BCUT2D eigenvalue weighted by Gasteiger charge is -2.32. The predicted molar refractivity (Wildman–Crippen MR) is 111 cm³/mol. The van der Waals surface area contributed by atoms with Gasteiger partial charge in [0.05, 0.1) is 5.56 Å². The lowest BCUT2D eigenvalue weighted by atomic mass is 9.93. The number of hydrogen-bond acceptors (Lipinski definition) is 7. The van der Waals surface area contributed by atoms with Gasteiger partial charge in [-0.25, -0.2) is 15.3 Å². The predicted octanol–water partition coefficient (Wildman–Crippen LogP) is 2.52. The first-order valence-electron chi connectivity index (χ1n) is 10.2. The second-order valence-electron chi connectivity index (χ2n) is 8.58. The Morgan fingerprint density at radius 1 is 1.33 bits per heavy atom. The molecule has 1 aliphatic heterocycles. The molecule has 0 aliphatic carbocycles. The molecule has 2 heterocycles. The molecule has 1 aliphatic rings. The van der Waals surface area contributed by atoms with E-state index in [1.807, 2.05) is 26.8 Å². The van der Waals surface area contributed by atoms with Crippen molar-refractivity contribution >= 4 is 17.8 Å². The quantitative estimate of drug-likeness (QED) is 0.655. The Kier molecular flexibility index (Phi) is 8.42. The van der Waals surface area contributed by atoms with E-state index < -0.39 is 12.2 Å². The van der Waals surface area contributed by atoms with Crippen molar-refractivity contribution < 1.29 is 19.2 Å². The molecule has 1 saturated heterocycles. The number of carbonyl (C=O) groups is 2. The molecule has 0 radical (unpaired) electrons. The van der Waals surface area contributed by atoms with Gasteiger partial charge in [0, 0.05) is 31.2 Å². The van der Waals surface area contributed by atoms with Gasteiger partial charge in [-0.1, -0.05) is 0 Å². The van der Waals surface area contributed by atoms with Gasteiger partial charge >= 0.3 is 6.09 Å². The highest BCUT2D eigenvalue weighted by Crippen LogP contribution is 2.24. The Labute approximate surface area is 177 Å². The molecule has 0 saturated carbocycles. The summed E-state index contributed by atoms with van der Waals surface area (Å²) in [7, 11) is 0. The average Bonchev–Trinajstić information content (AvgIpc) is 2.67. The highest BCUT2D eigenvalue weighted by Gasteiger charge is 2.23. The van der Waals surface area contributed by atoms with Gasteiger partial charge in [0.2, 0.25) is 5.91 Å². The Hall–Kier alpha value is -2.86. The standard InChI is InChI=1S/C21H31N5O4/c1-15(30-20(28)24-21(2,3)4)14-29-25-19(27)11-16-7-9-26(10-8-16)18-6-5-17(12-22)13-23-18/h5-6,13,15-16H,7-11,14H2,1-4H3,(H,24,28)(H,25,27). The van der Waals surface area contributed by atoms with Gasteiger partial charge in [0.15, 0.2) is 0 Å². The molecule has 9 nitrogen and oxygen atoms in total. The lowest BCUT2D eigenvalue weighted by molar-refractivity contribution is -0.136. The number of nitriles is 1. The van der Waals surface area contributed by atoms with Crippen LogP contribution in [0.15, 0.2) is 18.3 Å². The van der Waals surface area contributed by atoms with Crippen molar-refractivity contribution in [1.29, 1.82) is 5.26 Å². The van der Waals surface area contributed by atoms with Crippen molar-refractivity contribution in [3.05, 3.63) is 23.9 Å². The third-order valence-corrected chi connectivity index (χ3v) is 4.58. The van der Waals surface area contributed by atoms with Gasteiger partial charge < -0.3 is 15.0 Å². The summed E-state index contributed by atoms with van der Waals surface area (Å²) in [5.41, 5.74) is 2.59. The first kappa shape index (κ1) is 23.4. The van der Waals surface area contributed by atoms with Crippen LogP contribution in [0.5, 0.6) is 0 Å². The molecule has 30 heavy (non-hydrogen) atoms. The van der Waals surface area contributed by atoms with Crippen LogP contribution in [0, 0.1) is 17.2 Å². The summed E-state index contributed by atoms with van der Waals surface area (Å²) >= 11 is 0. The van der Waals surface area contributed by atoms with Crippen molar-refractivity contribution in [2.75, 3.05) is 24.6 Å². The summed E-state index contributed by atoms with van der Waals surface area (Å²) in [5, 5.41) is 11.5. The van der Waals surface area contributed by atoms with Crippen molar-refractivity contribution in [1.82, 2.24) is 15.8 Å². The maximum Gasteiger partial charge on any atom is 0.407 e. The van der Waals surface area contributed by atoms with Crippen LogP contribution in [0.25, 0.3) is 0 Å². The van der Waals surface area contributed by atoms with Crippen LogP contribution in [0.1, 0.15) is 52.5 Å². The number of piperidine rings is 1. The normalized spacial score (nSPS) is 15.8. The number of rotatable bonds is 7. The van der Waals surface area contributed by atoms with Crippen LogP contribution in [-0.4, -0.2) is 48.3 Å². The fraction of sp³-hybridized carbons (Fsp3) is 0.619. The number of carbonyl (C=O) groups excluding carboxylic acids is 2. The van der Waals surface area contributed by atoms with E-state index in [2.05, 4.69) is 26.7 Å². The molecule has 1 unspecified atom stereocenters. The number of hydrogen-bond donors (Lipinski definition) is 2. The first-order chi connectivity index (χ1) is 14.2. The van der Waals surface area contributed by atoms with Crippen molar-refractivity contribution in [3.8, 4) is 6.07 Å². The molecule has 1 aromatic heterocycles. The highest BCUT2D eigenvalue weighted by molar-refractivity contribution is 5.75. The van der Waals surface area contributed by atoms with Crippen molar-refractivity contribution in [2.24, 2.45) is 5.92 Å². The van der Waals surface area contributed by atoms with E-state index in [1.54, 1.807) is 19.2 Å². The summed E-state index contributed by atoms with van der Waals surface area (Å²) in [4.78, 5) is 35.5. The summed E-state index contributed by atoms with van der Waals surface area (Å²) in [5.74, 6) is 0.940. The van der Waals surface area contributed by atoms with Crippen LogP contribution in [-0.2, 0) is 14.4 Å². The van der Waals surface area contributed by atoms with Crippen molar-refractivity contribution in [3.63, 3.8) is 0 Å². The van der Waals surface area contributed by atoms with Crippen LogP contribution in [0.2, 0.25) is 0 Å². The number of hydroxylamine groups is 1. The van der Waals surface area contributed by atoms with Crippen molar-refractivity contribution in [2.45, 2.75) is 58.6 Å². The molecule has 2 amide bonds. The molecule has 1 fully saturated rings. The Bertz CT molecular complexity index is 746. The maximum absolute atomic E-state index is 12.1. The average molecular weight is 418 g/mol. The summed E-state index contributed by atoms with van der Waals surface area (Å²) in [6.45, 7) is 8.98. The molecule has 0 aromatic carbocycles. The van der Waals surface area contributed by atoms with Gasteiger partial charge in [-0.15, -0.1) is 0 Å². The minimum Gasteiger partial charge on any atom is -0.444 e. The maximum atomic E-state index is 12.1. The summed E-state index contributed by atoms with van der Waals surface area (Å²) < 4.78 is 5.17. The van der Waals surface area contributed by atoms with E-state index in [0.29, 0.717) is 12.0 Å². The minimum atomic E-state index is -0.520. The minimum absolute atomic E-state index is 0.0755. The largest absolute Gasteiger partial charge is 0.444 e. The smallest absolute Gasteiger partial charge is 0.407 e. The monoisotopic (exact) mass is 417 g/mol. The molecule has 1 aromatic rings. The Balaban J connectivity index is 1.63. The second-order valence-corrected chi connectivity index (χ2v) is 8.58. The van der Waals surface area contributed by atoms with Gasteiger partial charge in [-0.05, 0) is 58.6 Å². The zero-order valence-corrected chi connectivity index (χ0v) is 18.1. The first-order valence-corrected chi connectivity index (χ1v) is 10.2. The number of nitrogens with one attached hydrogen (secondary N) is 2. The Morgan fingerprint density at radius 2 is 2.03 bits per heavy atom. The fourth-order valence-electron chi connectivity index (χ4n) is 3.10. The number of anilines is 1. The molecule has 1 atom stereocenters. The van der Waals surface area contributed by atoms with Crippen LogP contribution in [0.3, 0.4) is 0 Å². The molecule has 0 bridgehead atoms. The number of aromatic nitrogens is 1. The molecular formula is C21H31N5O4. The van der Waals surface area contributed by atoms with E-state index in [1.165, 1.54) is 0 Å². The molecular weight excluding hydrogens is 386 g/mol. The summed E-state index contributed by atoms with van der Waals surface area (Å²) in [6, 6.07) is 5.67. The van der Waals surface area contributed by atoms with E-state index in [4.69, 9.17) is 14.8 Å². The van der Waals surface area contributed by atoms with E-state index in [-0.39, 0.29) is 24.0 Å². The number of alkyl carbamates (subject to hydrolysis) is 1. The molecule has 164 valence electrons.